The van der Waals surface area contributed by atoms with Crippen LogP contribution in [0.2, 0.25) is 0 Å². The summed E-state index contributed by atoms with van der Waals surface area (Å²) in [6.45, 7) is 4.75. The van der Waals surface area contributed by atoms with Crippen LogP contribution < -0.4 is 5.43 Å². The minimum atomic E-state index is 0.483. The van der Waals surface area contributed by atoms with Crippen molar-refractivity contribution >= 4 is 0 Å². The second kappa shape index (κ2) is 2.25. The van der Waals surface area contributed by atoms with Crippen LogP contribution in [0, 0.1) is 0 Å². The van der Waals surface area contributed by atoms with Crippen LogP contribution in [0.25, 0.3) is 0 Å². The Labute approximate surface area is 60.6 Å². The zero-order chi connectivity index (χ0) is 6.97. The van der Waals surface area contributed by atoms with Crippen molar-refractivity contribution in [2.45, 2.75) is 13.0 Å². The highest BCUT2D eigenvalue weighted by atomic mass is 16.5. The molecule has 2 aliphatic rings. The molecule has 1 N–H and O–H groups in total. The third kappa shape index (κ3) is 0.914. The van der Waals surface area contributed by atoms with Gasteiger partial charge in [-0.25, -0.2) is 5.43 Å². The summed E-state index contributed by atoms with van der Waals surface area (Å²) in [5.74, 6) is 0. The van der Waals surface area contributed by atoms with Crippen molar-refractivity contribution in [2.24, 2.45) is 0 Å². The number of morpholine rings is 1. The molecular weight excluding hydrogens is 128 g/mol. The Kier molecular flexibility index (Phi) is 1.39. The van der Waals surface area contributed by atoms with Crippen LogP contribution in [0.4, 0.5) is 0 Å². The topological polar surface area (TPSA) is 24.5 Å². The van der Waals surface area contributed by atoms with Gasteiger partial charge in [-0.05, 0) is 13.0 Å². The number of hydrogen-bond donors (Lipinski definition) is 1. The van der Waals surface area contributed by atoms with Crippen LogP contribution in [0.3, 0.4) is 0 Å². The average molecular weight is 140 g/mol. The first-order chi connectivity index (χ1) is 4.86. The zero-order valence-corrected chi connectivity index (χ0v) is 6.13. The van der Waals surface area contributed by atoms with E-state index in [0.717, 1.165) is 19.8 Å². The van der Waals surface area contributed by atoms with Crippen molar-refractivity contribution in [1.82, 2.24) is 10.4 Å². The molecule has 0 aliphatic carbocycles. The third-order valence-electron chi connectivity index (χ3n) is 1.86. The molecule has 2 rings (SSSR count). The van der Waals surface area contributed by atoms with Crippen LogP contribution in [0.15, 0.2) is 11.8 Å². The summed E-state index contributed by atoms with van der Waals surface area (Å²) in [4.78, 5) is 0. The van der Waals surface area contributed by atoms with Gasteiger partial charge in [0.15, 0.2) is 0 Å². The van der Waals surface area contributed by atoms with E-state index in [2.05, 4.69) is 23.4 Å². The molecule has 0 aromatic heterocycles. The van der Waals surface area contributed by atoms with Crippen LogP contribution in [0.5, 0.6) is 0 Å². The fourth-order valence-corrected chi connectivity index (χ4v) is 1.41. The highest BCUT2D eigenvalue weighted by Crippen LogP contribution is 2.14. The highest BCUT2D eigenvalue weighted by molar-refractivity contribution is 5.11. The number of ether oxygens (including phenoxy) is 1. The smallest absolute Gasteiger partial charge is 0.0876 e. The Balaban J connectivity index is 2.10. The Morgan fingerprint density at radius 3 is 3.50 bits per heavy atom. The van der Waals surface area contributed by atoms with Gasteiger partial charge in [-0.1, -0.05) is 0 Å². The van der Waals surface area contributed by atoms with Gasteiger partial charge < -0.3 is 9.75 Å². The summed E-state index contributed by atoms with van der Waals surface area (Å²) >= 11 is 0. The first-order valence-electron chi connectivity index (χ1n) is 3.68. The van der Waals surface area contributed by atoms with E-state index in [1.165, 1.54) is 5.70 Å². The summed E-state index contributed by atoms with van der Waals surface area (Å²) in [5.41, 5.74) is 4.61. The summed E-state index contributed by atoms with van der Waals surface area (Å²) in [7, 11) is 0. The van der Waals surface area contributed by atoms with E-state index in [-0.39, 0.29) is 0 Å². The van der Waals surface area contributed by atoms with Crippen molar-refractivity contribution in [3.8, 4) is 0 Å². The van der Waals surface area contributed by atoms with E-state index in [1.54, 1.807) is 0 Å². The predicted molar refractivity (Wildman–Crippen MR) is 38.2 cm³/mol. The van der Waals surface area contributed by atoms with Gasteiger partial charge >= 0.3 is 0 Å². The summed E-state index contributed by atoms with van der Waals surface area (Å²) < 4.78 is 5.28. The Morgan fingerprint density at radius 2 is 2.70 bits per heavy atom. The van der Waals surface area contributed by atoms with Gasteiger partial charge in [0.2, 0.25) is 0 Å². The monoisotopic (exact) mass is 140 g/mol. The average Bonchev–Trinajstić information content (AvgIpc) is 2.27. The maximum atomic E-state index is 5.28. The quantitative estimate of drug-likeness (QED) is 0.517. The molecule has 0 amide bonds. The minimum Gasteiger partial charge on any atom is -0.373 e. The summed E-state index contributed by atoms with van der Waals surface area (Å²) in [5, 5.41) is 2.17. The number of rotatable bonds is 0. The molecule has 0 bridgehead atoms. The standard InChI is InChI=1S/C7H12N2O/c1-6-4-7-5-10-3-2-9(7)8-6/h4,6,8H,2-3,5H2,1H3. The van der Waals surface area contributed by atoms with E-state index < -0.39 is 0 Å². The largest absolute Gasteiger partial charge is 0.373 e. The lowest BCUT2D eigenvalue weighted by Crippen LogP contribution is -2.41. The van der Waals surface area contributed by atoms with Gasteiger partial charge in [-0.15, -0.1) is 0 Å². The van der Waals surface area contributed by atoms with Crippen molar-refractivity contribution in [2.75, 3.05) is 19.8 Å². The molecule has 10 heavy (non-hydrogen) atoms. The van der Waals surface area contributed by atoms with Crippen molar-refractivity contribution in [1.29, 1.82) is 0 Å². The van der Waals surface area contributed by atoms with E-state index in [1.807, 2.05) is 0 Å². The van der Waals surface area contributed by atoms with Gasteiger partial charge in [0.05, 0.1) is 25.5 Å². The van der Waals surface area contributed by atoms with E-state index >= 15 is 0 Å². The van der Waals surface area contributed by atoms with E-state index in [0.29, 0.717) is 6.04 Å². The molecule has 3 heteroatoms. The molecule has 1 atom stereocenters. The number of nitrogens with one attached hydrogen (secondary N) is 1. The molecule has 3 nitrogen and oxygen atoms in total. The summed E-state index contributed by atoms with van der Waals surface area (Å²) in [6, 6.07) is 0.483. The van der Waals surface area contributed by atoms with Gasteiger partial charge in [0.1, 0.15) is 0 Å². The summed E-state index contributed by atoms with van der Waals surface area (Å²) in [6.07, 6.45) is 2.21. The van der Waals surface area contributed by atoms with Crippen molar-refractivity contribution in [3.05, 3.63) is 11.8 Å². The predicted octanol–water partition coefficient (Wildman–Crippen LogP) is 0.109. The second-order valence-electron chi connectivity index (χ2n) is 2.78. The minimum absolute atomic E-state index is 0.483. The van der Waals surface area contributed by atoms with Crippen molar-refractivity contribution < 1.29 is 4.74 Å². The fraction of sp³-hybridized carbons (Fsp3) is 0.714. The molecule has 0 aromatic carbocycles. The molecule has 0 radical (unpaired) electrons. The van der Waals surface area contributed by atoms with Crippen molar-refractivity contribution in [3.63, 3.8) is 0 Å². The Bertz CT molecular complexity index is 167. The van der Waals surface area contributed by atoms with Crippen LogP contribution in [-0.2, 0) is 4.74 Å². The second-order valence-corrected chi connectivity index (χ2v) is 2.78. The number of hydrazine groups is 1. The van der Waals surface area contributed by atoms with E-state index in [4.69, 9.17) is 4.74 Å². The molecule has 0 saturated carbocycles. The number of nitrogens with zero attached hydrogens (tertiary/aromatic N) is 1. The third-order valence-corrected chi connectivity index (χ3v) is 1.86. The van der Waals surface area contributed by atoms with Gasteiger partial charge in [0, 0.05) is 6.04 Å². The maximum absolute atomic E-state index is 5.28. The lowest BCUT2D eigenvalue weighted by Gasteiger charge is -2.27. The van der Waals surface area contributed by atoms with Crippen LogP contribution in [-0.4, -0.2) is 30.8 Å². The molecule has 1 unspecified atom stereocenters. The molecular formula is C7H12N2O. The van der Waals surface area contributed by atoms with Gasteiger partial charge in [-0.2, -0.15) is 0 Å². The SMILES string of the molecule is CC1C=C2COCCN2N1. The molecule has 1 saturated heterocycles. The van der Waals surface area contributed by atoms with Crippen LogP contribution in [0.1, 0.15) is 6.92 Å². The van der Waals surface area contributed by atoms with Gasteiger partial charge in [-0.3, -0.25) is 0 Å². The fourth-order valence-electron chi connectivity index (χ4n) is 1.41. The molecule has 0 spiro atoms. The van der Waals surface area contributed by atoms with Gasteiger partial charge in [0.25, 0.3) is 0 Å². The molecule has 1 fully saturated rings. The lowest BCUT2D eigenvalue weighted by molar-refractivity contribution is 0.0576. The Hall–Kier alpha value is -0.540. The first-order valence-corrected chi connectivity index (χ1v) is 3.68. The van der Waals surface area contributed by atoms with Crippen LogP contribution >= 0.6 is 0 Å². The number of hydrogen-bond acceptors (Lipinski definition) is 3. The maximum Gasteiger partial charge on any atom is 0.0876 e. The zero-order valence-electron chi connectivity index (χ0n) is 6.13. The number of fused-ring (bicyclic) bond motifs is 1. The van der Waals surface area contributed by atoms with E-state index in [9.17, 15) is 0 Å². The highest BCUT2D eigenvalue weighted by Gasteiger charge is 2.22. The Morgan fingerprint density at radius 1 is 1.80 bits per heavy atom. The molecule has 2 heterocycles. The lowest BCUT2D eigenvalue weighted by atomic mass is 10.3. The molecule has 56 valence electrons. The molecule has 2 aliphatic heterocycles. The molecule has 0 aromatic rings. The first kappa shape index (κ1) is 6.19. The normalized spacial score (nSPS) is 31.9.